The van der Waals surface area contributed by atoms with Gasteiger partial charge in [0.1, 0.15) is 12.4 Å². The number of rotatable bonds is 7. The normalized spacial score (nSPS) is 12.1. The Bertz CT molecular complexity index is 1710. The molecular weight excluding hydrogens is 521 g/mol. The summed E-state index contributed by atoms with van der Waals surface area (Å²) in [5, 5.41) is 5.31. The van der Waals surface area contributed by atoms with Crippen LogP contribution in [-0.2, 0) is 10.0 Å². The van der Waals surface area contributed by atoms with E-state index in [1.54, 1.807) is 36.4 Å². The molecule has 3 aromatic heterocycles. The summed E-state index contributed by atoms with van der Waals surface area (Å²) in [7, 11) is -4.09. The molecule has 0 aliphatic rings. The van der Waals surface area contributed by atoms with E-state index in [1.165, 1.54) is 30.8 Å². The molecule has 13 heteroatoms. The Morgan fingerprint density at radius 2 is 1.68 bits per heavy atom. The molecule has 38 heavy (non-hydrogen) atoms. The lowest BCUT2D eigenvalue weighted by atomic mass is 10.1. The van der Waals surface area contributed by atoms with Crippen molar-refractivity contribution in [2.45, 2.75) is 24.9 Å². The Morgan fingerprint density at radius 3 is 2.32 bits per heavy atom. The van der Waals surface area contributed by atoms with Gasteiger partial charge < -0.3 is 15.1 Å². The van der Waals surface area contributed by atoms with Crippen molar-refractivity contribution in [2.24, 2.45) is 0 Å². The lowest BCUT2D eigenvalue weighted by molar-refractivity contribution is -0.115. The highest BCUT2D eigenvalue weighted by molar-refractivity contribution is 7.90. The first-order chi connectivity index (χ1) is 18.0. The molecule has 0 spiro atoms. The van der Waals surface area contributed by atoms with E-state index in [9.17, 15) is 21.6 Å². The van der Waals surface area contributed by atoms with Crippen LogP contribution in [0.4, 0.5) is 30.6 Å². The minimum absolute atomic E-state index is 0.0109. The van der Waals surface area contributed by atoms with E-state index in [4.69, 9.17) is 4.42 Å². The second kappa shape index (κ2) is 9.49. The minimum atomic E-state index is -4.52. The van der Waals surface area contributed by atoms with Crippen molar-refractivity contribution in [3.63, 3.8) is 0 Å². The van der Waals surface area contributed by atoms with Crippen molar-refractivity contribution in [2.75, 3.05) is 17.2 Å². The quantitative estimate of drug-likeness (QED) is 0.271. The van der Waals surface area contributed by atoms with Crippen LogP contribution in [0, 0.1) is 13.8 Å². The molecule has 0 atom stereocenters. The highest BCUT2D eigenvalue weighted by atomic mass is 32.2. The van der Waals surface area contributed by atoms with Gasteiger partial charge in [-0.15, -0.1) is 0 Å². The molecule has 2 aromatic carbocycles. The Hall–Kier alpha value is -4.39. The molecule has 0 aliphatic heterocycles. The number of halogens is 3. The zero-order valence-electron chi connectivity index (χ0n) is 20.1. The van der Waals surface area contributed by atoms with Crippen molar-refractivity contribution in [3.05, 3.63) is 78.4 Å². The van der Waals surface area contributed by atoms with Gasteiger partial charge in [0.25, 0.3) is 10.0 Å². The predicted octanol–water partition coefficient (Wildman–Crippen LogP) is 5.66. The molecule has 0 aliphatic carbocycles. The topological polar surface area (TPSA) is 115 Å². The highest BCUT2D eigenvalue weighted by Gasteiger charge is 2.28. The van der Waals surface area contributed by atoms with Crippen LogP contribution in [0.3, 0.4) is 0 Å². The van der Waals surface area contributed by atoms with Gasteiger partial charge in [-0.05, 0) is 56.3 Å². The van der Waals surface area contributed by atoms with E-state index in [0.29, 0.717) is 11.4 Å². The summed E-state index contributed by atoms with van der Waals surface area (Å²) >= 11 is 0. The Balaban J connectivity index is 1.55. The van der Waals surface area contributed by atoms with Gasteiger partial charge >= 0.3 is 6.18 Å². The number of aryl methyl sites for hydroxylation is 2. The third-order valence-corrected chi connectivity index (χ3v) is 7.37. The van der Waals surface area contributed by atoms with Crippen LogP contribution in [0.2, 0.25) is 0 Å². The molecule has 0 saturated carbocycles. The maximum atomic E-state index is 13.4. The number of hydrogen-bond acceptors (Lipinski definition) is 8. The molecule has 0 unspecified atom stereocenters. The summed E-state index contributed by atoms with van der Waals surface area (Å²) in [6, 6.07) is 14.5. The van der Waals surface area contributed by atoms with Gasteiger partial charge in [-0.1, -0.05) is 17.7 Å². The third-order valence-electron chi connectivity index (χ3n) is 5.69. The van der Waals surface area contributed by atoms with Crippen molar-refractivity contribution in [1.29, 1.82) is 0 Å². The number of benzene rings is 2. The van der Waals surface area contributed by atoms with Gasteiger partial charge in [0.15, 0.2) is 17.8 Å². The minimum Gasteiger partial charge on any atom is -0.443 e. The Kier molecular flexibility index (Phi) is 6.31. The van der Waals surface area contributed by atoms with E-state index in [2.05, 4.69) is 25.6 Å². The zero-order valence-corrected chi connectivity index (χ0v) is 20.9. The van der Waals surface area contributed by atoms with Crippen LogP contribution in [0.15, 0.2) is 76.5 Å². The van der Waals surface area contributed by atoms with Crippen LogP contribution in [0.25, 0.3) is 22.4 Å². The highest BCUT2D eigenvalue weighted by Crippen LogP contribution is 2.30. The Morgan fingerprint density at radius 1 is 0.974 bits per heavy atom. The summed E-state index contributed by atoms with van der Waals surface area (Å²) in [4.78, 5) is 12.6. The first kappa shape index (κ1) is 25.3. The number of fused-ring (bicyclic) bond motifs is 1. The van der Waals surface area contributed by atoms with Crippen LogP contribution < -0.4 is 10.6 Å². The summed E-state index contributed by atoms with van der Waals surface area (Å²) in [6.07, 6.45) is -1.93. The van der Waals surface area contributed by atoms with E-state index < -0.39 is 22.7 Å². The van der Waals surface area contributed by atoms with Crippen molar-refractivity contribution in [1.82, 2.24) is 18.9 Å². The largest absolute Gasteiger partial charge is 0.443 e. The molecule has 9 nitrogen and oxygen atoms in total. The molecule has 0 fully saturated rings. The molecule has 5 aromatic rings. The van der Waals surface area contributed by atoms with E-state index in [1.807, 2.05) is 13.8 Å². The fourth-order valence-corrected chi connectivity index (χ4v) is 5.09. The van der Waals surface area contributed by atoms with Crippen LogP contribution in [0.5, 0.6) is 0 Å². The van der Waals surface area contributed by atoms with Crippen LogP contribution in [0.1, 0.15) is 11.3 Å². The number of nitrogens with one attached hydrogen (secondary N) is 2. The number of oxazole rings is 1. The maximum Gasteiger partial charge on any atom is 0.405 e. The second-order valence-corrected chi connectivity index (χ2v) is 10.3. The summed E-state index contributed by atoms with van der Waals surface area (Å²) in [5.41, 5.74) is 2.80. The lowest BCUT2D eigenvalue weighted by Crippen LogP contribution is -2.22. The van der Waals surface area contributed by atoms with Crippen LogP contribution in [-0.4, -0.2) is 40.1 Å². The third kappa shape index (κ3) is 5.05. The zero-order chi connectivity index (χ0) is 27.1. The van der Waals surface area contributed by atoms with Gasteiger partial charge in [0, 0.05) is 17.4 Å². The number of nitrogens with zero attached hydrogens (tertiary/aromatic N) is 4. The lowest BCUT2D eigenvalue weighted by Gasteiger charge is -2.13. The van der Waals surface area contributed by atoms with Crippen molar-refractivity contribution in [3.8, 4) is 11.3 Å². The summed E-state index contributed by atoms with van der Waals surface area (Å²) in [6.45, 7) is 2.27. The van der Waals surface area contributed by atoms with Crippen molar-refractivity contribution >= 4 is 38.5 Å². The van der Waals surface area contributed by atoms with Gasteiger partial charge in [-0.2, -0.15) is 23.1 Å². The fraction of sp³-hybridized carbons (Fsp3) is 0.160. The SMILES string of the molecule is Cc1ccc(S(=O)(=O)n2ccc3c(NCC(F)(F)F)nc(Nc4ccc(-c5ocnc5C)cc4)nc32)cc1. The van der Waals surface area contributed by atoms with Gasteiger partial charge in [-0.3, -0.25) is 0 Å². The summed E-state index contributed by atoms with van der Waals surface area (Å²) in [5.74, 6) is 0.346. The smallest absolute Gasteiger partial charge is 0.405 e. The molecule has 0 bridgehead atoms. The van der Waals surface area contributed by atoms with Gasteiger partial charge in [0.2, 0.25) is 5.95 Å². The summed E-state index contributed by atoms with van der Waals surface area (Å²) < 4.78 is 72.0. The average Bonchev–Trinajstić information content (AvgIpc) is 3.49. The number of hydrogen-bond donors (Lipinski definition) is 2. The molecular formula is C25H21F3N6O3S. The number of aromatic nitrogens is 4. The first-order valence-electron chi connectivity index (χ1n) is 11.3. The molecule has 0 saturated heterocycles. The molecule has 3 heterocycles. The number of anilines is 3. The first-order valence-corrected chi connectivity index (χ1v) is 12.7. The van der Waals surface area contributed by atoms with Gasteiger partial charge in [-0.25, -0.2) is 17.4 Å². The molecule has 5 rings (SSSR count). The molecule has 0 radical (unpaired) electrons. The predicted molar refractivity (Wildman–Crippen MR) is 136 cm³/mol. The van der Waals surface area contributed by atoms with E-state index in [-0.39, 0.29) is 27.7 Å². The molecule has 2 N–H and O–H groups in total. The molecule has 196 valence electrons. The number of alkyl halides is 3. The van der Waals surface area contributed by atoms with Crippen LogP contribution >= 0.6 is 0 Å². The average molecular weight is 543 g/mol. The Labute approximate surface area is 215 Å². The van der Waals surface area contributed by atoms with Gasteiger partial charge in [0.05, 0.1) is 16.0 Å². The van der Waals surface area contributed by atoms with E-state index in [0.717, 1.165) is 20.8 Å². The van der Waals surface area contributed by atoms with E-state index >= 15 is 0 Å². The van der Waals surface area contributed by atoms with Crippen molar-refractivity contribution < 1.29 is 26.0 Å². The second-order valence-electron chi connectivity index (χ2n) is 8.50. The monoisotopic (exact) mass is 542 g/mol. The fourth-order valence-electron chi connectivity index (χ4n) is 3.80. The maximum absolute atomic E-state index is 13.4. The molecule has 0 amide bonds. The standard InChI is InChI=1S/C25H21F3N6O3S/c1-15-3-9-19(10-4-15)38(35,36)34-12-11-20-22(29-13-25(26,27)28)32-24(33-23(20)34)31-18-7-5-17(6-8-18)21-16(2)30-14-37-21/h3-12,14H,13H2,1-2H3,(H2,29,31,32,33).